The van der Waals surface area contributed by atoms with Crippen LogP contribution in [0.5, 0.6) is 11.5 Å². The minimum Gasteiger partial charge on any atom is -0.493 e. The van der Waals surface area contributed by atoms with E-state index in [1.54, 1.807) is 13.2 Å². The molecule has 4 rings (SSSR count). The van der Waals surface area contributed by atoms with Gasteiger partial charge in [-0.15, -0.1) is 0 Å². The number of amides is 2. The molecule has 0 unspecified atom stereocenters. The van der Waals surface area contributed by atoms with Gasteiger partial charge >= 0.3 is 0 Å². The first-order chi connectivity index (χ1) is 13.0. The number of hydrogen-bond acceptors (Lipinski definition) is 5. The van der Waals surface area contributed by atoms with Gasteiger partial charge in [0.1, 0.15) is 0 Å². The van der Waals surface area contributed by atoms with Crippen molar-refractivity contribution in [2.45, 2.75) is 13.3 Å². The Morgan fingerprint density at radius 1 is 1.19 bits per heavy atom. The number of methoxy groups -OCH3 is 1. The second-order valence-corrected chi connectivity index (χ2v) is 8.38. The lowest BCUT2D eigenvalue weighted by molar-refractivity contribution is -0.140. The van der Waals surface area contributed by atoms with E-state index < -0.39 is 0 Å². The Labute approximate surface area is 173 Å². The van der Waals surface area contributed by atoms with Gasteiger partial charge < -0.3 is 9.47 Å². The predicted molar refractivity (Wildman–Crippen MR) is 107 cm³/mol. The Kier molecular flexibility index (Phi) is 4.88. The molecule has 1 saturated carbocycles. The average Bonchev–Trinajstić information content (AvgIpc) is 3.34. The normalized spacial score (nSPS) is 28.5. The van der Waals surface area contributed by atoms with E-state index in [1.165, 1.54) is 6.21 Å². The molecule has 27 heavy (non-hydrogen) atoms. The Balaban J connectivity index is 1.63. The fourth-order valence-corrected chi connectivity index (χ4v) is 5.19. The summed E-state index contributed by atoms with van der Waals surface area (Å²) >= 11 is 7.00. The number of rotatable bonds is 5. The van der Waals surface area contributed by atoms with Gasteiger partial charge in [0.25, 0.3) is 11.8 Å². The highest BCUT2D eigenvalue weighted by molar-refractivity contribution is 9.13. The molecule has 2 amide bonds. The molecular formula is C19H18Br2N2O4. The molecule has 3 aliphatic rings. The van der Waals surface area contributed by atoms with E-state index in [9.17, 15) is 9.59 Å². The summed E-state index contributed by atoms with van der Waals surface area (Å²) in [6, 6.07) is 1.75. The third kappa shape index (κ3) is 2.84. The summed E-state index contributed by atoms with van der Waals surface area (Å²) in [5.41, 5.74) is 0.668. The third-order valence-corrected chi connectivity index (χ3v) is 7.57. The van der Waals surface area contributed by atoms with Crippen molar-refractivity contribution < 1.29 is 19.1 Å². The van der Waals surface area contributed by atoms with Crippen molar-refractivity contribution in [1.29, 1.82) is 0 Å². The number of fused-ring (bicyclic) bond motifs is 5. The van der Waals surface area contributed by atoms with Crippen LogP contribution in [-0.4, -0.2) is 36.8 Å². The first-order valence-corrected chi connectivity index (χ1v) is 10.3. The van der Waals surface area contributed by atoms with Crippen LogP contribution in [-0.2, 0) is 9.59 Å². The molecule has 1 aliphatic heterocycles. The zero-order valence-corrected chi connectivity index (χ0v) is 18.0. The molecule has 1 aromatic carbocycles. The van der Waals surface area contributed by atoms with Crippen molar-refractivity contribution in [3.63, 3.8) is 0 Å². The topological polar surface area (TPSA) is 68.2 Å². The van der Waals surface area contributed by atoms with Gasteiger partial charge in [-0.05, 0) is 63.1 Å². The predicted octanol–water partition coefficient (Wildman–Crippen LogP) is 3.76. The van der Waals surface area contributed by atoms with Crippen molar-refractivity contribution in [3.8, 4) is 11.5 Å². The van der Waals surface area contributed by atoms with Crippen molar-refractivity contribution in [2.75, 3.05) is 13.7 Å². The zero-order chi connectivity index (χ0) is 19.3. The average molecular weight is 498 g/mol. The van der Waals surface area contributed by atoms with Gasteiger partial charge in [0.15, 0.2) is 11.5 Å². The molecule has 0 radical (unpaired) electrons. The number of imide groups is 1. The lowest BCUT2D eigenvalue weighted by Crippen LogP contribution is -2.28. The molecule has 0 aromatic heterocycles. The first-order valence-electron chi connectivity index (χ1n) is 8.76. The second-order valence-electron chi connectivity index (χ2n) is 6.79. The summed E-state index contributed by atoms with van der Waals surface area (Å²) < 4.78 is 12.4. The number of carbonyl (C=O) groups is 2. The Hall–Kier alpha value is -1.67. The number of nitrogens with zero attached hydrogens (tertiary/aromatic N) is 2. The summed E-state index contributed by atoms with van der Waals surface area (Å²) in [5, 5.41) is 5.25. The lowest BCUT2D eigenvalue weighted by Gasteiger charge is -2.15. The fourth-order valence-electron chi connectivity index (χ4n) is 4.25. The van der Waals surface area contributed by atoms with Gasteiger partial charge in [-0.1, -0.05) is 12.2 Å². The number of allylic oxidation sites excluding steroid dienone is 2. The largest absolute Gasteiger partial charge is 0.493 e. The third-order valence-electron chi connectivity index (χ3n) is 5.42. The number of carbonyl (C=O) groups excluding carboxylic acids is 2. The van der Waals surface area contributed by atoms with Crippen LogP contribution in [0.4, 0.5) is 0 Å². The summed E-state index contributed by atoms with van der Waals surface area (Å²) in [4.78, 5) is 25.4. The maximum Gasteiger partial charge on any atom is 0.254 e. The number of hydrazone groups is 1. The highest BCUT2D eigenvalue weighted by Crippen LogP contribution is 2.52. The van der Waals surface area contributed by atoms with E-state index in [2.05, 4.69) is 49.1 Å². The summed E-state index contributed by atoms with van der Waals surface area (Å²) in [6.45, 7) is 2.38. The maximum absolute atomic E-state index is 12.7. The molecule has 142 valence electrons. The number of ether oxygens (including phenoxy) is 2. The van der Waals surface area contributed by atoms with Crippen LogP contribution in [0.3, 0.4) is 0 Å². The Bertz CT molecular complexity index is 853. The van der Waals surface area contributed by atoms with Crippen LogP contribution >= 0.6 is 31.9 Å². The van der Waals surface area contributed by atoms with Crippen LogP contribution < -0.4 is 9.47 Å². The summed E-state index contributed by atoms with van der Waals surface area (Å²) in [6.07, 6.45) is 6.53. The van der Waals surface area contributed by atoms with E-state index in [-0.39, 0.29) is 35.5 Å². The molecule has 2 bridgehead atoms. The van der Waals surface area contributed by atoms with E-state index in [1.807, 2.05) is 6.92 Å². The van der Waals surface area contributed by atoms with Crippen molar-refractivity contribution in [3.05, 3.63) is 32.7 Å². The zero-order valence-electron chi connectivity index (χ0n) is 14.8. The number of benzene rings is 1. The van der Waals surface area contributed by atoms with Gasteiger partial charge in [0.2, 0.25) is 0 Å². The van der Waals surface area contributed by atoms with Gasteiger partial charge in [-0.2, -0.15) is 10.1 Å². The molecule has 8 heteroatoms. The monoisotopic (exact) mass is 496 g/mol. The van der Waals surface area contributed by atoms with Gasteiger partial charge in [0, 0.05) is 10.0 Å². The molecule has 1 heterocycles. The fraction of sp³-hybridized carbons (Fsp3) is 0.421. The van der Waals surface area contributed by atoms with Crippen LogP contribution in [0, 0.1) is 23.7 Å². The molecule has 1 saturated heterocycles. The van der Waals surface area contributed by atoms with Gasteiger partial charge in [-0.3, -0.25) is 9.59 Å². The van der Waals surface area contributed by atoms with E-state index in [0.29, 0.717) is 32.6 Å². The highest BCUT2D eigenvalue weighted by atomic mass is 79.9. The molecule has 4 atom stereocenters. The summed E-state index contributed by atoms with van der Waals surface area (Å²) in [7, 11) is 1.55. The Morgan fingerprint density at radius 2 is 1.81 bits per heavy atom. The molecule has 6 nitrogen and oxygen atoms in total. The van der Waals surface area contributed by atoms with E-state index in [4.69, 9.17) is 9.47 Å². The van der Waals surface area contributed by atoms with Crippen LogP contribution in [0.1, 0.15) is 18.9 Å². The van der Waals surface area contributed by atoms with Crippen molar-refractivity contribution in [1.82, 2.24) is 5.01 Å². The molecule has 0 N–H and O–H groups in total. The SMILES string of the molecule is CCOc1c(OC)cc(C=NN2C(=O)[C@@H]3[C@H](C2=O)[C@H]2C=C[C@H]3C2)c(Br)c1Br. The Morgan fingerprint density at radius 3 is 2.37 bits per heavy atom. The maximum atomic E-state index is 12.7. The highest BCUT2D eigenvalue weighted by Gasteiger charge is 2.59. The first kappa shape index (κ1) is 18.7. The van der Waals surface area contributed by atoms with E-state index in [0.717, 1.165) is 11.4 Å². The lowest BCUT2D eigenvalue weighted by atomic mass is 9.85. The van der Waals surface area contributed by atoms with Crippen LogP contribution in [0.25, 0.3) is 0 Å². The molecule has 1 aromatic rings. The quantitative estimate of drug-likeness (QED) is 0.353. The number of halogens is 2. The van der Waals surface area contributed by atoms with Crippen LogP contribution in [0.2, 0.25) is 0 Å². The minimum atomic E-state index is -0.255. The van der Waals surface area contributed by atoms with Gasteiger partial charge in [0.05, 0.1) is 36.2 Å². The second kappa shape index (κ2) is 7.05. The summed E-state index contributed by atoms with van der Waals surface area (Å²) in [5.74, 6) is 0.536. The number of hydrogen-bond donors (Lipinski definition) is 0. The standard InChI is InChI=1S/C19H18Br2N2O4/c1-3-27-17-12(26-2)7-11(15(20)16(17)21)8-22-23-18(24)13-9-4-5-10(6-9)14(13)19(23)25/h4-5,7-10,13-14H,3,6H2,1-2H3/t9-,10-,13-,14+/m0/s1. The minimum absolute atomic E-state index is 0.170. The van der Waals surface area contributed by atoms with Gasteiger partial charge in [-0.25, -0.2) is 0 Å². The molecule has 2 aliphatic carbocycles. The molecular weight excluding hydrogens is 480 g/mol. The van der Waals surface area contributed by atoms with Crippen LogP contribution in [0.15, 0.2) is 32.3 Å². The molecule has 2 fully saturated rings. The smallest absolute Gasteiger partial charge is 0.254 e. The molecule has 0 spiro atoms. The van der Waals surface area contributed by atoms with Crippen molar-refractivity contribution >= 4 is 49.9 Å². The van der Waals surface area contributed by atoms with E-state index >= 15 is 0 Å². The van der Waals surface area contributed by atoms with Crippen molar-refractivity contribution in [2.24, 2.45) is 28.8 Å².